The van der Waals surface area contributed by atoms with Crippen LogP contribution in [0.25, 0.3) is 0 Å². The second-order valence-corrected chi connectivity index (χ2v) is 6.11. The Bertz CT molecular complexity index is 809. The highest BCUT2D eigenvalue weighted by Gasteiger charge is 2.03. The zero-order chi connectivity index (χ0) is 17.5. The van der Waals surface area contributed by atoms with Gasteiger partial charge in [0.1, 0.15) is 5.02 Å². The molecule has 0 aliphatic rings. The lowest BCUT2D eigenvalue weighted by atomic mass is 10.0. The Hall–Kier alpha value is -2.34. The molecular weight excluding hydrogens is 330 g/mol. The summed E-state index contributed by atoms with van der Waals surface area (Å²) in [7, 11) is 0. The first-order chi connectivity index (χ1) is 11.5. The first kappa shape index (κ1) is 18.0. The number of H-pyrrole nitrogens is 1. The van der Waals surface area contributed by atoms with Crippen molar-refractivity contribution < 1.29 is 4.79 Å². The van der Waals surface area contributed by atoms with E-state index in [0.717, 1.165) is 31.2 Å². The molecule has 0 bridgehead atoms. The fourth-order valence-corrected chi connectivity index (χ4v) is 2.58. The largest absolute Gasteiger partial charge is 0.370 e. The zero-order valence-electron chi connectivity index (χ0n) is 13.3. The van der Waals surface area contributed by atoms with Gasteiger partial charge in [0, 0.05) is 12.6 Å². The number of aromatic amines is 1. The average molecular weight is 350 g/mol. The van der Waals surface area contributed by atoms with E-state index in [2.05, 4.69) is 4.98 Å². The molecule has 0 aliphatic heterocycles. The van der Waals surface area contributed by atoms with Gasteiger partial charge in [-0.05, 0) is 30.4 Å². The van der Waals surface area contributed by atoms with E-state index in [1.54, 1.807) is 0 Å². The summed E-state index contributed by atoms with van der Waals surface area (Å²) in [5, 5.41) is -0.0119. The molecule has 0 fully saturated rings. The third kappa shape index (κ3) is 5.38. The van der Waals surface area contributed by atoms with Crippen LogP contribution in [0, 0.1) is 0 Å². The van der Waals surface area contributed by atoms with Crippen LogP contribution in [0.2, 0.25) is 5.02 Å². The van der Waals surface area contributed by atoms with Crippen molar-refractivity contribution in [1.82, 2.24) is 9.55 Å². The first-order valence-electron chi connectivity index (χ1n) is 7.81. The van der Waals surface area contributed by atoms with E-state index in [1.165, 1.54) is 16.3 Å². The van der Waals surface area contributed by atoms with Crippen molar-refractivity contribution >= 4 is 17.5 Å². The number of aromatic nitrogens is 2. The van der Waals surface area contributed by atoms with Gasteiger partial charge in [0.05, 0.1) is 6.54 Å². The number of primary amides is 1. The molecule has 1 heterocycles. The molecule has 24 heavy (non-hydrogen) atoms. The van der Waals surface area contributed by atoms with E-state index in [0.29, 0.717) is 13.0 Å². The van der Waals surface area contributed by atoms with Gasteiger partial charge in [0.2, 0.25) is 5.91 Å². The number of nitrogens with one attached hydrogen (secondary N) is 1. The lowest BCUT2D eigenvalue weighted by Gasteiger charge is -2.07. The number of rotatable bonds is 8. The summed E-state index contributed by atoms with van der Waals surface area (Å²) in [6, 6.07) is 7.93. The van der Waals surface area contributed by atoms with Crippen LogP contribution in [0.3, 0.4) is 0 Å². The molecule has 2 rings (SSSR count). The molecular formula is C17H20ClN3O3. The molecule has 1 aromatic heterocycles. The van der Waals surface area contributed by atoms with Gasteiger partial charge < -0.3 is 5.73 Å². The Kier molecular flexibility index (Phi) is 6.37. The Morgan fingerprint density at radius 1 is 1.08 bits per heavy atom. The van der Waals surface area contributed by atoms with E-state index in [1.807, 2.05) is 24.3 Å². The number of benzene rings is 1. The molecule has 0 atom stereocenters. The van der Waals surface area contributed by atoms with Gasteiger partial charge in [0.15, 0.2) is 0 Å². The second-order valence-electron chi connectivity index (χ2n) is 5.71. The third-order valence-electron chi connectivity index (χ3n) is 3.73. The molecule has 7 heteroatoms. The number of nitrogens with zero attached hydrogens (tertiary/aromatic N) is 1. The van der Waals surface area contributed by atoms with Crippen molar-refractivity contribution in [3.63, 3.8) is 0 Å². The Balaban J connectivity index is 1.90. The van der Waals surface area contributed by atoms with Gasteiger partial charge >= 0.3 is 5.69 Å². The van der Waals surface area contributed by atoms with Crippen molar-refractivity contribution in [2.45, 2.75) is 38.6 Å². The van der Waals surface area contributed by atoms with Crippen LogP contribution in [0.4, 0.5) is 0 Å². The fourth-order valence-electron chi connectivity index (χ4n) is 2.41. The Morgan fingerprint density at radius 2 is 1.75 bits per heavy atom. The molecule has 6 nitrogen and oxygen atoms in total. The van der Waals surface area contributed by atoms with Crippen LogP contribution in [-0.2, 0) is 17.8 Å². The summed E-state index contributed by atoms with van der Waals surface area (Å²) in [5.41, 5.74) is 6.18. The topological polar surface area (TPSA) is 97.9 Å². The van der Waals surface area contributed by atoms with Crippen molar-refractivity contribution in [3.05, 3.63) is 67.4 Å². The number of unbranched alkanes of at least 4 members (excludes halogenated alkanes) is 2. The van der Waals surface area contributed by atoms with Crippen molar-refractivity contribution in [1.29, 1.82) is 0 Å². The highest BCUT2D eigenvalue weighted by atomic mass is 35.5. The number of amides is 1. The number of hydrogen-bond donors (Lipinski definition) is 2. The predicted molar refractivity (Wildman–Crippen MR) is 93.2 cm³/mol. The van der Waals surface area contributed by atoms with Crippen molar-refractivity contribution in [2.24, 2.45) is 5.73 Å². The lowest BCUT2D eigenvalue weighted by molar-refractivity contribution is -0.118. The van der Waals surface area contributed by atoms with Crippen LogP contribution >= 0.6 is 11.6 Å². The van der Waals surface area contributed by atoms with Gasteiger partial charge in [-0.1, -0.05) is 42.3 Å². The van der Waals surface area contributed by atoms with Crippen molar-refractivity contribution in [2.75, 3.05) is 0 Å². The molecule has 0 unspecified atom stereocenters. The number of carbonyl (C=O) groups is 1. The quantitative estimate of drug-likeness (QED) is 0.711. The van der Waals surface area contributed by atoms with Gasteiger partial charge in [-0.15, -0.1) is 0 Å². The van der Waals surface area contributed by atoms with Gasteiger partial charge in [-0.3, -0.25) is 19.1 Å². The van der Waals surface area contributed by atoms with Gasteiger partial charge in [0.25, 0.3) is 5.56 Å². The van der Waals surface area contributed by atoms with Gasteiger partial charge in [-0.25, -0.2) is 4.79 Å². The molecule has 0 radical (unpaired) electrons. The summed E-state index contributed by atoms with van der Waals surface area (Å²) < 4.78 is 1.36. The maximum Gasteiger partial charge on any atom is 0.328 e. The first-order valence-corrected chi connectivity index (χ1v) is 8.19. The number of aryl methyl sites for hydroxylation is 1. The lowest BCUT2D eigenvalue weighted by Crippen LogP contribution is -2.29. The summed E-state index contributed by atoms with van der Waals surface area (Å²) >= 11 is 5.75. The second kappa shape index (κ2) is 8.49. The van der Waals surface area contributed by atoms with E-state index in [4.69, 9.17) is 17.3 Å². The molecule has 3 N–H and O–H groups in total. The molecule has 1 aromatic carbocycles. The van der Waals surface area contributed by atoms with Gasteiger partial charge in [-0.2, -0.15) is 0 Å². The van der Waals surface area contributed by atoms with Crippen LogP contribution < -0.4 is 17.0 Å². The number of halogens is 1. The van der Waals surface area contributed by atoms with E-state index in [9.17, 15) is 14.4 Å². The molecule has 0 saturated heterocycles. The summed E-state index contributed by atoms with van der Waals surface area (Å²) in [6.07, 6.45) is 5.51. The highest BCUT2D eigenvalue weighted by Crippen LogP contribution is 2.10. The smallest absolute Gasteiger partial charge is 0.328 e. The van der Waals surface area contributed by atoms with Crippen LogP contribution in [0.5, 0.6) is 0 Å². The zero-order valence-corrected chi connectivity index (χ0v) is 14.0. The fraction of sp³-hybridized carbons (Fsp3) is 0.353. The summed E-state index contributed by atoms with van der Waals surface area (Å²) in [6.45, 7) is 0.341. The Morgan fingerprint density at radius 3 is 2.42 bits per heavy atom. The van der Waals surface area contributed by atoms with Crippen LogP contribution in [0.15, 0.2) is 40.1 Å². The maximum absolute atomic E-state index is 11.7. The summed E-state index contributed by atoms with van der Waals surface area (Å²) in [4.78, 5) is 35.8. The van der Waals surface area contributed by atoms with E-state index in [-0.39, 0.29) is 10.9 Å². The number of nitrogens with two attached hydrogens (primary N) is 1. The minimum absolute atomic E-state index is 0.0119. The monoisotopic (exact) mass is 349 g/mol. The molecule has 0 aliphatic carbocycles. The molecule has 0 saturated carbocycles. The van der Waals surface area contributed by atoms with E-state index < -0.39 is 11.2 Å². The minimum atomic E-state index is -0.579. The molecule has 128 valence electrons. The SMILES string of the molecule is NC(=O)CCCCCc1ccc(Cn2cc(Cl)c(=O)[nH]c2=O)cc1. The maximum atomic E-state index is 11.7. The molecule has 0 spiro atoms. The minimum Gasteiger partial charge on any atom is -0.370 e. The van der Waals surface area contributed by atoms with Crippen LogP contribution in [-0.4, -0.2) is 15.5 Å². The normalized spacial score (nSPS) is 10.7. The standard InChI is InChI=1S/C17H20ClN3O3/c18-14-11-21(17(24)20-16(14)23)10-13-8-6-12(7-9-13)4-2-1-3-5-15(19)22/h6-9,11H,1-5,10H2,(H2,19,22)(H,20,23,24). The number of hydrogen-bond acceptors (Lipinski definition) is 3. The Labute approximate surface area is 144 Å². The van der Waals surface area contributed by atoms with E-state index >= 15 is 0 Å². The average Bonchev–Trinajstić information content (AvgIpc) is 2.53. The van der Waals surface area contributed by atoms with Crippen LogP contribution in [0.1, 0.15) is 36.8 Å². The molecule has 2 aromatic rings. The molecule has 1 amide bonds. The number of carbonyl (C=O) groups excluding carboxylic acids is 1. The highest BCUT2D eigenvalue weighted by molar-refractivity contribution is 6.30. The summed E-state index contributed by atoms with van der Waals surface area (Å²) in [5.74, 6) is -0.253. The third-order valence-corrected chi connectivity index (χ3v) is 4.00. The van der Waals surface area contributed by atoms with Crippen molar-refractivity contribution in [3.8, 4) is 0 Å². The predicted octanol–water partition coefficient (Wildman–Crippen LogP) is 1.83.